The van der Waals surface area contributed by atoms with Gasteiger partial charge in [0.15, 0.2) is 17.2 Å². The summed E-state index contributed by atoms with van der Waals surface area (Å²) in [5, 5.41) is 10.9. The molecule has 0 radical (unpaired) electrons. The number of methoxy groups -OCH3 is 1. The average Bonchev–Trinajstić information content (AvgIpc) is 2.70. The van der Waals surface area contributed by atoms with Crippen molar-refractivity contribution in [1.82, 2.24) is 4.98 Å². The van der Waals surface area contributed by atoms with E-state index in [-0.39, 0.29) is 22.6 Å². The van der Waals surface area contributed by atoms with Gasteiger partial charge in [0, 0.05) is 23.2 Å². The molecule has 2 N–H and O–H groups in total. The average molecular weight is 436 g/mol. The van der Waals surface area contributed by atoms with Gasteiger partial charge in [0.25, 0.3) is 0 Å². The SMILES string of the molecule is COc1c(F)cccc1[C@H](C)C[C@@](O)(C=Nc1cccc2[nH]c(=O)ccc12)C(F)(F)F. The van der Waals surface area contributed by atoms with Gasteiger partial charge < -0.3 is 14.8 Å². The Hall–Kier alpha value is -3.20. The number of halogens is 4. The topological polar surface area (TPSA) is 74.7 Å². The van der Waals surface area contributed by atoms with Crippen LogP contribution in [0.25, 0.3) is 10.9 Å². The molecule has 0 spiro atoms. The molecule has 0 bridgehead atoms. The summed E-state index contributed by atoms with van der Waals surface area (Å²) in [6.07, 6.45) is -5.40. The number of hydrogen-bond acceptors (Lipinski definition) is 4. The summed E-state index contributed by atoms with van der Waals surface area (Å²) in [6, 6.07) is 11.2. The van der Waals surface area contributed by atoms with Crippen LogP contribution in [-0.4, -0.2) is 35.2 Å². The quantitative estimate of drug-likeness (QED) is 0.428. The summed E-state index contributed by atoms with van der Waals surface area (Å²) >= 11 is 0. The lowest BCUT2D eigenvalue weighted by atomic mass is 9.86. The van der Waals surface area contributed by atoms with Crippen LogP contribution in [0.5, 0.6) is 5.75 Å². The molecule has 0 aliphatic heterocycles. The predicted octanol–water partition coefficient (Wildman–Crippen LogP) is 4.87. The zero-order valence-corrected chi connectivity index (χ0v) is 16.7. The lowest BCUT2D eigenvalue weighted by molar-refractivity contribution is -0.231. The third-order valence-corrected chi connectivity index (χ3v) is 5.00. The number of aliphatic imine (C=N–C) groups is 1. The number of para-hydroxylation sites is 1. The number of benzene rings is 2. The summed E-state index contributed by atoms with van der Waals surface area (Å²) < 4.78 is 60.4. The number of ether oxygens (including phenoxy) is 1. The third kappa shape index (κ3) is 4.61. The molecule has 5 nitrogen and oxygen atoms in total. The second-order valence-electron chi connectivity index (χ2n) is 7.21. The summed E-state index contributed by atoms with van der Waals surface area (Å²) in [5.41, 5.74) is -2.91. The lowest BCUT2D eigenvalue weighted by Crippen LogP contribution is -2.47. The second kappa shape index (κ2) is 8.50. The van der Waals surface area contributed by atoms with Gasteiger partial charge in [0.05, 0.1) is 18.3 Å². The van der Waals surface area contributed by atoms with Gasteiger partial charge in [-0.25, -0.2) is 4.39 Å². The van der Waals surface area contributed by atoms with Crippen molar-refractivity contribution < 1.29 is 27.4 Å². The maximum absolute atomic E-state index is 14.0. The van der Waals surface area contributed by atoms with Crippen LogP contribution in [0.1, 0.15) is 24.8 Å². The van der Waals surface area contributed by atoms with Gasteiger partial charge in [-0.2, -0.15) is 13.2 Å². The Kier molecular flexibility index (Phi) is 6.17. The van der Waals surface area contributed by atoms with Crippen LogP contribution < -0.4 is 10.3 Å². The number of fused-ring (bicyclic) bond motifs is 1. The molecule has 164 valence electrons. The van der Waals surface area contributed by atoms with Gasteiger partial charge in [0.2, 0.25) is 5.56 Å². The Bertz CT molecular complexity index is 1170. The van der Waals surface area contributed by atoms with E-state index in [1.165, 1.54) is 50.4 Å². The number of nitrogens with zero attached hydrogens (tertiary/aromatic N) is 1. The van der Waals surface area contributed by atoms with Crippen molar-refractivity contribution in [2.24, 2.45) is 4.99 Å². The number of aromatic nitrogens is 1. The Morgan fingerprint density at radius 3 is 2.55 bits per heavy atom. The Morgan fingerprint density at radius 1 is 1.16 bits per heavy atom. The maximum Gasteiger partial charge on any atom is 0.422 e. The van der Waals surface area contributed by atoms with Crippen LogP contribution in [0.2, 0.25) is 0 Å². The van der Waals surface area contributed by atoms with Crippen molar-refractivity contribution in [1.29, 1.82) is 0 Å². The van der Waals surface area contributed by atoms with E-state index in [2.05, 4.69) is 9.98 Å². The molecule has 3 rings (SSSR count). The largest absolute Gasteiger partial charge is 0.493 e. The standard InChI is InChI=1S/C22H20F4N2O3/c1-13(14-5-3-6-16(23)20(14)31-2)11-21(30,22(24,25)26)12-27-17-7-4-8-18-15(17)9-10-19(29)28-18/h3-10,12-13,30H,11H2,1-2H3,(H,28,29)/t13-,21-/m1/s1. The van der Waals surface area contributed by atoms with Crippen LogP contribution in [0, 0.1) is 5.82 Å². The summed E-state index contributed by atoms with van der Waals surface area (Å²) in [5.74, 6) is -1.79. The van der Waals surface area contributed by atoms with Crippen LogP contribution >= 0.6 is 0 Å². The van der Waals surface area contributed by atoms with Crippen LogP contribution in [0.3, 0.4) is 0 Å². The van der Waals surface area contributed by atoms with Gasteiger partial charge in [-0.3, -0.25) is 9.79 Å². The van der Waals surface area contributed by atoms with E-state index in [1.807, 2.05) is 0 Å². The Morgan fingerprint density at radius 2 is 1.87 bits per heavy atom. The first-order chi connectivity index (χ1) is 14.6. The summed E-state index contributed by atoms with van der Waals surface area (Å²) in [4.78, 5) is 17.9. The first-order valence-corrected chi connectivity index (χ1v) is 9.34. The minimum atomic E-state index is -5.04. The second-order valence-corrected chi connectivity index (χ2v) is 7.21. The van der Waals surface area contributed by atoms with Gasteiger partial charge >= 0.3 is 6.18 Å². The van der Waals surface area contributed by atoms with Gasteiger partial charge in [-0.15, -0.1) is 0 Å². The first kappa shape index (κ1) is 22.5. The van der Waals surface area contributed by atoms with Gasteiger partial charge in [0.1, 0.15) is 0 Å². The van der Waals surface area contributed by atoms with Crippen molar-refractivity contribution in [3.8, 4) is 5.75 Å². The zero-order valence-electron chi connectivity index (χ0n) is 16.7. The van der Waals surface area contributed by atoms with E-state index >= 15 is 0 Å². The number of aromatic amines is 1. The van der Waals surface area contributed by atoms with Gasteiger partial charge in [-0.1, -0.05) is 25.1 Å². The molecule has 31 heavy (non-hydrogen) atoms. The molecule has 2 aromatic carbocycles. The van der Waals surface area contributed by atoms with Crippen molar-refractivity contribution in [3.05, 3.63) is 70.3 Å². The highest BCUT2D eigenvalue weighted by Crippen LogP contribution is 2.40. The van der Waals surface area contributed by atoms with Crippen LogP contribution in [0.15, 0.2) is 58.3 Å². The molecule has 0 saturated carbocycles. The number of hydrogen-bond donors (Lipinski definition) is 2. The number of pyridine rings is 1. The fourth-order valence-corrected chi connectivity index (χ4v) is 3.41. The minimum Gasteiger partial charge on any atom is -0.493 e. The molecule has 0 aliphatic rings. The monoisotopic (exact) mass is 436 g/mol. The summed E-state index contributed by atoms with van der Waals surface area (Å²) in [7, 11) is 1.22. The van der Waals surface area contributed by atoms with E-state index in [0.717, 1.165) is 6.07 Å². The van der Waals surface area contributed by atoms with Crippen LogP contribution in [-0.2, 0) is 0 Å². The molecule has 0 unspecified atom stereocenters. The highest BCUT2D eigenvalue weighted by molar-refractivity contribution is 5.91. The zero-order chi connectivity index (χ0) is 22.8. The number of alkyl halides is 3. The normalized spacial score (nSPS) is 15.2. The maximum atomic E-state index is 14.0. The highest BCUT2D eigenvalue weighted by Gasteiger charge is 2.53. The van der Waals surface area contributed by atoms with E-state index in [9.17, 15) is 27.5 Å². The number of nitrogens with one attached hydrogen (secondary N) is 1. The molecule has 0 saturated heterocycles. The van der Waals surface area contributed by atoms with Crippen molar-refractivity contribution in [2.45, 2.75) is 31.0 Å². The molecular weight excluding hydrogens is 416 g/mol. The van der Waals surface area contributed by atoms with Gasteiger partial charge in [-0.05, 0) is 36.6 Å². The molecule has 9 heteroatoms. The lowest BCUT2D eigenvalue weighted by Gasteiger charge is -2.30. The number of H-pyrrole nitrogens is 1. The van der Waals surface area contributed by atoms with Crippen molar-refractivity contribution in [3.63, 3.8) is 0 Å². The molecular formula is C22H20F4N2O3. The predicted molar refractivity (Wildman–Crippen MR) is 110 cm³/mol. The molecule has 0 aliphatic carbocycles. The Labute approximate surface area is 175 Å². The van der Waals surface area contributed by atoms with E-state index in [1.54, 1.807) is 6.07 Å². The summed E-state index contributed by atoms with van der Waals surface area (Å²) in [6.45, 7) is 1.44. The molecule has 0 amide bonds. The van der Waals surface area contributed by atoms with Crippen molar-refractivity contribution >= 4 is 22.8 Å². The van der Waals surface area contributed by atoms with Crippen LogP contribution in [0.4, 0.5) is 23.2 Å². The van der Waals surface area contributed by atoms with E-state index < -0.39 is 29.9 Å². The van der Waals surface area contributed by atoms with E-state index in [4.69, 9.17) is 4.74 Å². The van der Waals surface area contributed by atoms with Crippen molar-refractivity contribution in [2.75, 3.05) is 7.11 Å². The van der Waals surface area contributed by atoms with E-state index in [0.29, 0.717) is 17.1 Å². The number of aliphatic hydroxyl groups is 1. The first-order valence-electron chi connectivity index (χ1n) is 9.34. The minimum absolute atomic E-state index is 0.146. The smallest absolute Gasteiger partial charge is 0.422 e. The fraction of sp³-hybridized carbons (Fsp3) is 0.273. The molecule has 1 aromatic heterocycles. The molecule has 1 heterocycles. The Balaban J connectivity index is 1.99. The molecule has 0 fully saturated rings. The molecule has 3 aromatic rings. The fourth-order valence-electron chi connectivity index (χ4n) is 3.41. The highest BCUT2D eigenvalue weighted by atomic mass is 19.4. The molecule has 2 atom stereocenters. The third-order valence-electron chi connectivity index (χ3n) is 5.00. The number of rotatable bonds is 6.